The molecular weight excluding hydrogens is 246 g/mol. The summed E-state index contributed by atoms with van der Waals surface area (Å²) in [4.78, 5) is 5.31. The minimum atomic E-state index is 0.315. The summed E-state index contributed by atoms with van der Waals surface area (Å²) in [6.45, 7) is 23.3. The Morgan fingerprint density at radius 3 is 1.85 bits per heavy atom. The zero-order valence-electron chi connectivity index (χ0n) is 14.9. The molecule has 1 rings (SSSR count). The predicted octanol–water partition coefficient (Wildman–Crippen LogP) is 2.67. The van der Waals surface area contributed by atoms with Crippen molar-refractivity contribution in [2.24, 2.45) is 11.8 Å². The highest BCUT2D eigenvalue weighted by molar-refractivity contribution is 4.86. The molecular formula is C17H37N3. The second kappa shape index (κ2) is 7.77. The Labute approximate surface area is 127 Å². The number of hydrogen-bond donors (Lipinski definition) is 1. The van der Waals surface area contributed by atoms with Gasteiger partial charge in [0, 0.05) is 44.3 Å². The van der Waals surface area contributed by atoms with Crippen LogP contribution < -0.4 is 5.32 Å². The van der Waals surface area contributed by atoms with Gasteiger partial charge in [-0.2, -0.15) is 0 Å². The van der Waals surface area contributed by atoms with Gasteiger partial charge in [-0.1, -0.05) is 27.7 Å². The molecule has 20 heavy (non-hydrogen) atoms. The van der Waals surface area contributed by atoms with Crippen molar-refractivity contribution in [3.8, 4) is 0 Å². The van der Waals surface area contributed by atoms with E-state index in [1.54, 1.807) is 0 Å². The largest absolute Gasteiger partial charge is 0.315 e. The summed E-state index contributed by atoms with van der Waals surface area (Å²) in [6, 6.07) is 0.677. The molecule has 0 spiro atoms. The topological polar surface area (TPSA) is 18.5 Å². The average molecular weight is 284 g/mol. The normalized spacial score (nSPS) is 20.9. The monoisotopic (exact) mass is 283 g/mol. The fraction of sp³-hybridized carbons (Fsp3) is 1.00. The molecule has 1 saturated heterocycles. The quantitative estimate of drug-likeness (QED) is 0.808. The first-order chi connectivity index (χ1) is 9.21. The van der Waals surface area contributed by atoms with Gasteiger partial charge in [-0.3, -0.25) is 9.80 Å². The molecule has 1 fully saturated rings. The van der Waals surface area contributed by atoms with Crippen LogP contribution in [-0.4, -0.2) is 60.6 Å². The van der Waals surface area contributed by atoms with Crippen molar-refractivity contribution in [3.05, 3.63) is 0 Å². The van der Waals surface area contributed by atoms with E-state index >= 15 is 0 Å². The minimum absolute atomic E-state index is 0.315. The number of nitrogens with zero attached hydrogens (tertiary/aromatic N) is 2. The third-order valence-electron chi connectivity index (χ3n) is 4.41. The van der Waals surface area contributed by atoms with Crippen LogP contribution in [0.15, 0.2) is 0 Å². The Morgan fingerprint density at radius 1 is 0.900 bits per heavy atom. The van der Waals surface area contributed by atoms with E-state index < -0.39 is 0 Å². The summed E-state index contributed by atoms with van der Waals surface area (Å²) in [5, 5.41) is 3.65. The first-order valence-corrected chi connectivity index (χ1v) is 8.41. The van der Waals surface area contributed by atoms with Gasteiger partial charge in [0.1, 0.15) is 0 Å². The van der Waals surface area contributed by atoms with Crippen molar-refractivity contribution in [2.75, 3.05) is 39.3 Å². The zero-order chi connectivity index (χ0) is 15.3. The molecule has 0 saturated carbocycles. The summed E-state index contributed by atoms with van der Waals surface area (Å²) in [6.07, 6.45) is 0. The van der Waals surface area contributed by atoms with Crippen molar-refractivity contribution < 1.29 is 0 Å². The molecule has 3 nitrogen and oxygen atoms in total. The van der Waals surface area contributed by atoms with Crippen molar-refractivity contribution in [1.82, 2.24) is 15.1 Å². The van der Waals surface area contributed by atoms with Crippen LogP contribution in [0.4, 0.5) is 0 Å². The molecule has 3 heteroatoms. The lowest BCUT2D eigenvalue weighted by atomic mass is 9.99. The van der Waals surface area contributed by atoms with Crippen LogP contribution in [0.2, 0.25) is 0 Å². The summed E-state index contributed by atoms with van der Waals surface area (Å²) in [5.41, 5.74) is 0.315. The van der Waals surface area contributed by atoms with E-state index in [0.29, 0.717) is 11.6 Å². The lowest BCUT2D eigenvalue weighted by Crippen LogP contribution is -2.58. The summed E-state index contributed by atoms with van der Waals surface area (Å²) in [7, 11) is 0. The number of rotatable bonds is 6. The van der Waals surface area contributed by atoms with E-state index in [9.17, 15) is 0 Å². The minimum Gasteiger partial charge on any atom is -0.315 e. The van der Waals surface area contributed by atoms with Crippen LogP contribution in [0, 0.1) is 11.8 Å². The summed E-state index contributed by atoms with van der Waals surface area (Å²) < 4.78 is 0. The zero-order valence-corrected chi connectivity index (χ0v) is 14.9. The predicted molar refractivity (Wildman–Crippen MR) is 89.2 cm³/mol. The van der Waals surface area contributed by atoms with Crippen LogP contribution in [0.25, 0.3) is 0 Å². The molecule has 1 atom stereocenters. The Morgan fingerprint density at radius 2 is 1.45 bits per heavy atom. The van der Waals surface area contributed by atoms with E-state index in [1.807, 2.05) is 0 Å². The van der Waals surface area contributed by atoms with E-state index in [0.717, 1.165) is 24.9 Å². The molecule has 0 radical (unpaired) electrons. The Bertz CT molecular complexity index is 260. The fourth-order valence-electron chi connectivity index (χ4n) is 3.03. The van der Waals surface area contributed by atoms with Gasteiger partial charge >= 0.3 is 0 Å². The van der Waals surface area contributed by atoms with Crippen molar-refractivity contribution in [3.63, 3.8) is 0 Å². The van der Waals surface area contributed by atoms with Gasteiger partial charge in [0.25, 0.3) is 0 Å². The average Bonchev–Trinajstić information content (AvgIpc) is 2.33. The molecule has 0 aliphatic carbocycles. The van der Waals surface area contributed by atoms with E-state index in [1.165, 1.54) is 26.2 Å². The number of hydrogen-bond acceptors (Lipinski definition) is 3. The van der Waals surface area contributed by atoms with Crippen LogP contribution in [0.3, 0.4) is 0 Å². The van der Waals surface area contributed by atoms with Gasteiger partial charge in [0.15, 0.2) is 0 Å². The molecule has 120 valence electrons. The lowest BCUT2D eigenvalue weighted by molar-refractivity contribution is 0.0311. The smallest absolute Gasteiger partial charge is 0.0244 e. The van der Waals surface area contributed by atoms with E-state index in [4.69, 9.17) is 0 Å². The van der Waals surface area contributed by atoms with Gasteiger partial charge in [-0.15, -0.1) is 0 Å². The number of nitrogens with one attached hydrogen (secondary N) is 1. The van der Waals surface area contributed by atoms with Crippen LogP contribution >= 0.6 is 0 Å². The Balaban J connectivity index is 2.45. The van der Waals surface area contributed by atoms with E-state index in [2.05, 4.69) is 63.6 Å². The molecule has 0 aromatic carbocycles. The Hall–Kier alpha value is -0.120. The van der Waals surface area contributed by atoms with Gasteiger partial charge in [-0.05, 0) is 39.2 Å². The molecule has 0 aromatic heterocycles. The molecule has 0 aromatic rings. The first-order valence-electron chi connectivity index (χ1n) is 8.41. The van der Waals surface area contributed by atoms with Gasteiger partial charge in [-0.25, -0.2) is 0 Å². The first kappa shape index (κ1) is 17.9. The van der Waals surface area contributed by atoms with Gasteiger partial charge in [0.05, 0.1) is 0 Å². The van der Waals surface area contributed by atoms with Crippen LogP contribution in [0.1, 0.15) is 48.5 Å². The highest BCUT2D eigenvalue weighted by atomic mass is 15.3. The fourth-order valence-corrected chi connectivity index (χ4v) is 3.03. The van der Waals surface area contributed by atoms with Crippen LogP contribution in [0.5, 0.6) is 0 Å². The molecule has 1 unspecified atom stereocenters. The third kappa shape index (κ3) is 5.71. The molecule has 1 heterocycles. The Kier molecular flexibility index (Phi) is 6.96. The van der Waals surface area contributed by atoms with Crippen molar-refractivity contribution in [2.45, 2.75) is 60.0 Å². The highest BCUT2D eigenvalue weighted by Crippen LogP contribution is 2.19. The maximum absolute atomic E-state index is 3.65. The van der Waals surface area contributed by atoms with Crippen LogP contribution in [-0.2, 0) is 0 Å². The summed E-state index contributed by atoms with van der Waals surface area (Å²) >= 11 is 0. The highest BCUT2D eigenvalue weighted by Gasteiger charge is 2.29. The second-order valence-corrected chi connectivity index (χ2v) is 8.06. The van der Waals surface area contributed by atoms with Gasteiger partial charge in [0.2, 0.25) is 0 Å². The third-order valence-corrected chi connectivity index (χ3v) is 4.41. The SMILES string of the molecule is CC(C)CNCC(C(C)C)N1CCN(C(C)(C)C)CC1. The maximum Gasteiger partial charge on any atom is 0.0244 e. The molecule has 1 N–H and O–H groups in total. The van der Waals surface area contributed by atoms with Gasteiger partial charge < -0.3 is 5.32 Å². The molecule has 0 bridgehead atoms. The lowest BCUT2D eigenvalue weighted by Gasteiger charge is -2.45. The van der Waals surface area contributed by atoms with Crippen molar-refractivity contribution in [1.29, 1.82) is 0 Å². The molecule has 0 amide bonds. The summed E-state index contributed by atoms with van der Waals surface area (Å²) in [5.74, 6) is 1.45. The van der Waals surface area contributed by atoms with E-state index in [-0.39, 0.29) is 0 Å². The standard InChI is InChI=1S/C17H37N3/c1-14(2)12-18-13-16(15(3)4)19-8-10-20(11-9-19)17(5,6)7/h14-16,18H,8-13H2,1-7H3. The van der Waals surface area contributed by atoms with Crippen molar-refractivity contribution >= 4 is 0 Å². The second-order valence-electron chi connectivity index (χ2n) is 8.06. The maximum atomic E-state index is 3.65. The number of piperazine rings is 1. The molecule has 1 aliphatic rings. The molecule has 1 aliphatic heterocycles.